The van der Waals surface area contributed by atoms with Gasteiger partial charge in [0, 0.05) is 0 Å². The number of imidazole rings is 1. The van der Waals surface area contributed by atoms with Crippen LogP contribution in [0.5, 0.6) is 0 Å². The summed E-state index contributed by atoms with van der Waals surface area (Å²) in [6, 6.07) is 7.95. The van der Waals surface area contributed by atoms with E-state index in [1.54, 1.807) is 0 Å². The normalized spacial score (nSPS) is 14.4. The number of hydrogen-bond donors (Lipinski definition) is 3. The van der Waals surface area contributed by atoms with Gasteiger partial charge in [-0.3, -0.25) is 10.7 Å². The van der Waals surface area contributed by atoms with Gasteiger partial charge in [-0.25, -0.2) is 4.98 Å². The third kappa shape index (κ3) is 1.70. The molecule has 15 heavy (non-hydrogen) atoms. The minimum absolute atomic E-state index is 0.0856. The van der Waals surface area contributed by atoms with Crippen LogP contribution in [0, 0.1) is 0 Å². The highest BCUT2D eigenvalue weighted by molar-refractivity contribution is 5.83. The number of nitrogens with zero attached hydrogens (tertiary/aromatic N) is 1. The van der Waals surface area contributed by atoms with Crippen molar-refractivity contribution in [2.45, 2.75) is 12.8 Å². The van der Waals surface area contributed by atoms with Crippen LogP contribution in [-0.2, 0) is 0 Å². The first-order valence-electron chi connectivity index (χ1n) is 4.97. The number of hydrogen-bond acceptors (Lipinski definition) is 1. The van der Waals surface area contributed by atoms with Gasteiger partial charge < -0.3 is 4.98 Å². The van der Waals surface area contributed by atoms with Gasteiger partial charge in [-0.05, 0) is 19.1 Å². The summed E-state index contributed by atoms with van der Waals surface area (Å²) in [5, 5.41) is 0. The molecule has 1 aromatic heterocycles. The number of H-pyrrole nitrogens is 1. The van der Waals surface area contributed by atoms with E-state index in [4.69, 9.17) is 5.73 Å². The maximum Gasteiger partial charge on any atom is 0.250 e. The van der Waals surface area contributed by atoms with Gasteiger partial charge in [0.2, 0.25) is 0 Å². The van der Waals surface area contributed by atoms with Gasteiger partial charge >= 0.3 is 0 Å². The molecule has 0 spiro atoms. The second kappa shape index (κ2) is 3.73. The number of aromatic amines is 1. The Balaban J connectivity index is 2.45. The van der Waals surface area contributed by atoms with Crippen LogP contribution in [0.1, 0.15) is 18.7 Å². The lowest BCUT2D eigenvalue weighted by atomic mass is 10.1. The Morgan fingerprint density at radius 3 is 2.87 bits per heavy atom. The number of nitrogens with two attached hydrogens (primary N) is 1. The van der Waals surface area contributed by atoms with Gasteiger partial charge in [-0.2, -0.15) is 0 Å². The fourth-order valence-electron chi connectivity index (χ4n) is 1.54. The Bertz CT molecular complexity index is 465. The van der Waals surface area contributed by atoms with Gasteiger partial charge in [0.15, 0.2) is 0 Å². The zero-order valence-corrected chi connectivity index (χ0v) is 8.91. The molecule has 4 N–H and O–H groups in total. The molecule has 0 amide bonds. The van der Waals surface area contributed by atoms with Gasteiger partial charge in [0.25, 0.3) is 5.84 Å². The summed E-state index contributed by atoms with van der Waals surface area (Å²) < 4.78 is 0. The molecule has 0 saturated carbocycles. The molecule has 4 nitrogen and oxygen atoms in total. The van der Waals surface area contributed by atoms with Crippen molar-refractivity contribution in [3.63, 3.8) is 0 Å². The average Bonchev–Trinajstić information content (AvgIpc) is 2.70. The molecule has 4 heteroatoms. The SMILES string of the molecule is C[NH+]=C(N)C(C)c1nc2ccccc2[nH]1. The molecule has 0 aliphatic rings. The molecule has 2 rings (SSSR count). The molecule has 0 aliphatic heterocycles. The molecule has 0 bridgehead atoms. The number of para-hydroxylation sites is 2. The zero-order valence-electron chi connectivity index (χ0n) is 8.91. The van der Waals surface area contributed by atoms with Crippen LogP contribution in [0.2, 0.25) is 0 Å². The molecular formula is C11H15N4+. The minimum atomic E-state index is 0.0856. The topological polar surface area (TPSA) is 68.7 Å². The van der Waals surface area contributed by atoms with Crippen molar-refractivity contribution < 1.29 is 4.99 Å². The Morgan fingerprint density at radius 1 is 1.47 bits per heavy atom. The Labute approximate surface area is 88.2 Å². The van der Waals surface area contributed by atoms with Crippen LogP contribution in [0.4, 0.5) is 0 Å². The van der Waals surface area contributed by atoms with Crippen LogP contribution in [0.25, 0.3) is 11.0 Å². The molecule has 0 fully saturated rings. The van der Waals surface area contributed by atoms with Crippen LogP contribution in [0.15, 0.2) is 24.3 Å². The molecule has 1 aromatic carbocycles. The maximum absolute atomic E-state index is 5.82. The standard InChI is InChI=1S/C11H14N4/c1-7(10(12)13-2)11-14-8-5-3-4-6-9(8)15-11/h3-7H,1-2H3,(H2,12,13)(H,14,15)/p+1. The van der Waals surface area contributed by atoms with Crippen molar-refractivity contribution >= 4 is 16.9 Å². The molecule has 1 heterocycles. The third-order valence-corrected chi connectivity index (χ3v) is 2.57. The van der Waals surface area contributed by atoms with E-state index in [0.717, 1.165) is 16.9 Å². The van der Waals surface area contributed by atoms with Gasteiger partial charge in [-0.15, -0.1) is 0 Å². The van der Waals surface area contributed by atoms with Gasteiger partial charge in [0.05, 0.1) is 18.1 Å². The van der Waals surface area contributed by atoms with E-state index < -0.39 is 0 Å². The Morgan fingerprint density at radius 2 is 2.20 bits per heavy atom. The summed E-state index contributed by atoms with van der Waals surface area (Å²) in [5.74, 6) is 1.69. The highest BCUT2D eigenvalue weighted by atomic mass is 14.9. The lowest BCUT2D eigenvalue weighted by Crippen LogP contribution is -2.72. The Hall–Kier alpha value is -1.84. The molecule has 0 radical (unpaired) electrons. The van der Waals surface area contributed by atoms with Gasteiger partial charge in [-0.1, -0.05) is 12.1 Å². The first-order chi connectivity index (χ1) is 7.22. The van der Waals surface area contributed by atoms with E-state index in [1.165, 1.54) is 0 Å². The van der Waals surface area contributed by atoms with E-state index in [-0.39, 0.29) is 5.92 Å². The summed E-state index contributed by atoms with van der Waals surface area (Å²) in [6.45, 7) is 2.02. The zero-order chi connectivity index (χ0) is 10.8. The molecule has 78 valence electrons. The number of aromatic nitrogens is 2. The molecule has 2 aromatic rings. The smallest absolute Gasteiger partial charge is 0.250 e. The van der Waals surface area contributed by atoms with Gasteiger partial charge in [0.1, 0.15) is 11.7 Å². The largest absolute Gasteiger partial charge is 0.341 e. The monoisotopic (exact) mass is 203 g/mol. The van der Waals surface area contributed by atoms with Crippen molar-refractivity contribution in [1.29, 1.82) is 0 Å². The van der Waals surface area contributed by atoms with Crippen molar-refractivity contribution in [2.24, 2.45) is 5.73 Å². The number of nitrogens with one attached hydrogen (secondary N) is 2. The van der Waals surface area contributed by atoms with E-state index in [9.17, 15) is 0 Å². The second-order valence-corrected chi connectivity index (χ2v) is 3.57. The van der Waals surface area contributed by atoms with Crippen molar-refractivity contribution in [1.82, 2.24) is 9.97 Å². The highest BCUT2D eigenvalue weighted by Crippen LogP contribution is 2.16. The second-order valence-electron chi connectivity index (χ2n) is 3.57. The lowest BCUT2D eigenvalue weighted by Gasteiger charge is -2.01. The van der Waals surface area contributed by atoms with Crippen molar-refractivity contribution in [3.8, 4) is 0 Å². The molecule has 1 atom stereocenters. The van der Waals surface area contributed by atoms with E-state index in [0.29, 0.717) is 5.84 Å². The lowest BCUT2D eigenvalue weighted by molar-refractivity contribution is -0.423. The third-order valence-electron chi connectivity index (χ3n) is 2.57. The fourth-order valence-corrected chi connectivity index (χ4v) is 1.54. The van der Waals surface area contributed by atoms with Crippen LogP contribution in [0.3, 0.4) is 0 Å². The Kier molecular flexibility index (Phi) is 2.41. The van der Waals surface area contributed by atoms with Crippen molar-refractivity contribution in [3.05, 3.63) is 30.1 Å². The highest BCUT2D eigenvalue weighted by Gasteiger charge is 2.17. The maximum atomic E-state index is 5.82. The first-order valence-corrected chi connectivity index (χ1v) is 4.97. The van der Waals surface area contributed by atoms with E-state index in [1.807, 2.05) is 38.2 Å². The number of fused-ring (bicyclic) bond motifs is 1. The summed E-state index contributed by atoms with van der Waals surface area (Å²) in [7, 11) is 1.81. The molecule has 1 unspecified atom stereocenters. The predicted octanol–water partition coefficient (Wildman–Crippen LogP) is -0.266. The average molecular weight is 203 g/mol. The summed E-state index contributed by atoms with van der Waals surface area (Å²) >= 11 is 0. The summed E-state index contributed by atoms with van der Waals surface area (Å²) in [5.41, 5.74) is 7.84. The van der Waals surface area contributed by atoms with Crippen molar-refractivity contribution in [2.75, 3.05) is 7.05 Å². The number of benzene rings is 1. The van der Waals surface area contributed by atoms with Crippen LogP contribution >= 0.6 is 0 Å². The predicted molar refractivity (Wildman–Crippen MR) is 60.6 cm³/mol. The van der Waals surface area contributed by atoms with Crippen LogP contribution in [-0.4, -0.2) is 22.9 Å². The molecular weight excluding hydrogens is 188 g/mol. The summed E-state index contributed by atoms with van der Waals surface area (Å²) in [4.78, 5) is 10.7. The van der Waals surface area contributed by atoms with E-state index in [2.05, 4.69) is 15.0 Å². The number of amidine groups is 1. The fraction of sp³-hybridized carbons (Fsp3) is 0.273. The first kappa shape index (κ1) is 9.71. The quantitative estimate of drug-likeness (QED) is 0.465. The molecule has 0 saturated heterocycles. The summed E-state index contributed by atoms with van der Waals surface area (Å²) in [6.07, 6.45) is 0. The molecule has 0 aliphatic carbocycles. The van der Waals surface area contributed by atoms with E-state index >= 15 is 0 Å². The minimum Gasteiger partial charge on any atom is -0.341 e. The number of rotatable bonds is 2. The van der Waals surface area contributed by atoms with Crippen LogP contribution < -0.4 is 10.7 Å².